The van der Waals surface area contributed by atoms with E-state index in [2.05, 4.69) is 20.2 Å². The van der Waals surface area contributed by atoms with Gasteiger partial charge in [-0.25, -0.2) is 0 Å². The quantitative estimate of drug-likeness (QED) is 0.635. The van der Waals surface area contributed by atoms with Crippen molar-refractivity contribution in [3.8, 4) is 5.75 Å². The lowest BCUT2D eigenvalue weighted by Gasteiger charge is -2.36. The van der Waals surface area contributed by atoms with E-state index < -0.39 is 6.10 Å². The van der Waals surface area contributed by atoms with Crippen LogP contribution in [0.3, 0.4) is 0 Å². The highest BCUT2D eigenvalue weighted by molar-refractivity contribution is 5.94. The van der Waals surface area contributed by atoms with E-state index in [0.29, 0.717) is 13.0 Å². The Bertz CT molecular complexity index is 1050. The van der Waals surface area contributed by atoms with Crippen molar-refractivity contribution in [3.63, 3.8) is 0 Å². The number of aryl methyl sites for hydroxylation is 1. The monoisotopic (exact) mass is 392 g/mol. The van der Waals surface area contributed by atoms with E-state index in [1.54, 1.807) is 6.20 Å². The van der Waals surface area contributed by atoms with Gasteiger partial charge in [-0.1, -0.05) is 0 Å². The van der Waals surface area contributed by atoms with Gasteiger partial charge in [-0.2, -0.15) is 0 Å². The standard InChI is InChI=1S/C22H24N4O3/c27-20-13-26(12-15-10-24-19-11-23-7-5-17(15)19)8-6-21(20)29-16-2-3-18-14(9-16)1-4-22(28)25-18/h2-3,5,7,9-11,20-21,24,27H,1,4,6,8,12-13H2,(H,25,28)/t20-,21-/m1/s1. The van der Waals surface area contributed by atoms with E-state index in [9.17, 15) is 9.90 Å². The molecule has 0 spiro atoms. The topological polar surface area (TPSA) is 90.5 Å². The van der Waals surface area contributed by atoms with E-state index >= 15 is 0 Å². The highest BCUT2D eigenvalue weighted by Gasteiger charge is 2.30. The molecule has 1 saturated heterocycles. The molecule has 0 bridgehead atoms. The summed E-state index contributed by atoms with van der Waals surface area (Å²) >= 11 is 0. The Labute approximate surface area is 168 Å². The maximum absolute atomic E-state index is 11.5. The van der Waals surface area contributed by atoms with Crippen LogP contribution < -0.4 is 10.1 Å². The Balaban J connectivity index is 1.22. The van der Waals surface area contributed by atoms with E-state index in [4.69, 9.17) is 4.74 Å². The van der Waals surface area contributed by atoms with Crippen LogP contribution in [0.4, 0.5) is 5.69 Å². The molecule has 0 aliphatic carbocycles. The number of amides is 1. The minimum Gasteiger partial charge on any atom is -0.488 e. The number of carbonyl (C=O) groups is 1. The largest absolute Gasteiger partial charge is 0.488 e. The molecule has 1 amide bonds. The molecule has 150 valence electrons. The van der Waals surface area contributed by atoms with Crippen LogP contribution in [-0.4, -0.2) is 51.2 Å². The van der Waals surface area contributed by atoms with Crippen molar-refractivity contribution in [1.29, 1.82) is 0 Å². The Hall–Kier alpha value is -2.90. The fourth-order valence-electron chi connectivity index (χ4n) is 4.27. The highest BCUT2D eigenvalue weighted by atomic mass is 16.5. The van der Waals surface area contributed by atoms with E-state index in [1.165, 1.54) is 10.9 Å². The van der Waals surface area contributed by atoms with E-state index in [-0.39, 0.29) is 12.0 Å². The number of aromatic amines is 1. The van der Waals surface area contributed by atoms with E-state index in [1.807, 2.05) is 36.7 Å². The fraction of sp³-hybridized carbons (Fsp3) is 0.364. The van der Waals surface area contributed by atoms with Crippen LogP contribution >= 0.6 is 0 Å². The molecule has 3 aromatic rings. The number of aliphatic hydroxyl groups excluding tert-OH is 1. The maximum Gasteiger partial charge on any atom is 0.224 e. The van der Waals surface area contributed by atoms with Crippen LogP contribution in [0.1, 0.15) is 24.0 Å². The molecule has 1 fully saturated rings. The minimum atomic E-state index is -0.550. The van der Waals surface area contributed by atoms with Gasteiger partial charge < -0.3 is 20.1 Å². The summed E-state index contributed by atoms with van der Waals surface area (Å²) < 4.78 is 6.11. The average molecular weight is 392 g/mol. The van der Waals surface area contributed by atoms with Crippen LogP contribution in [0.5, 0.6) is 5.75 Å². The zero-order valence-electron chi connectivity index (χ0n) is 16.1. The molecule has 2 aromatic heterocycles. The van der Waals surface area contributed by atoms with Crippen molar-refractivity contribution in [1.82, 2.24) is 14.9 Å². The SMILES string of the molecule is O=C1CCc2cc(O[C@@H]3CCN(Cc4c[nH]c5cnccc45)C[C@H]3O)ccc2N1. The summed E-state index contributed by atoms with van der Waals surface area (Å²) in [5.74, 6) is 0.807. The van der Waals surface area contributed by atoms with Gasteiger partial charge in [0.2, 0.25) is 5.91 Å². The number of H-pyrrole nitrogens is 1. The molecule has 3 N–H and O–H groups in total. The highest BCUT2D eigenvalue weighted by Crippen LogP contribution is 2.29. The van der Waals surface area contributed by atoms with Crippen LogP contribution in [0, 0.1) is 0 Å². The number of nitrogens with one attached hydrogen (secondary N) is 2. The molecule has 0 radical (unpaired) electrons. The number of pyridine rings is 1. The smallest absolute Gasteiger partial charge is 0.224 e. The zero-order valence-corrected chi connectivity index (χ0v) is 16.1. The molecule has 2 aliphatic rings. The van der Waals surface area contributed by atoms with Gasteiger partial charge in [0.15, 0.2) is 0 Å². The van der Waals surface area contributed by atoms with Gasteiger partial charge in [-0.15, -0.1) is 0 Å². The molecule has 5 rings (SSSR count). The lowest BCUT2D eigenvalue weighted by molar-refractivity contribution is -0.116. The van der Waals surface area contributed by atoms with Gasteiger partial charge in [-0.05, 0) is 48.2 Å². The third kappa shape index (κ3) is 3.71. The average Bonchev–Trinajstić information content (AvgIpc) is 3.13. The summed E-state index contributed by atoms with van der Waals surface area (Å²) in [6, 6.07) is 7.75. The number of hydrogen-bond acceptors (Lipinski definition) is 5. The van der Waals surface area contributed by atoms with Crippen LogP contribution in [0.25, 0.3) is 10.9 Å². The van der Waals surface area contributed by atoms with Gasteiger partial charge in [0.25, 0.3) is 0 Å². The number of anilines is 1. The van der Waals surface area contributed by atoms with Crippen molar-refractivity contribution in [3.05, 3.63) is 54.0 Å². The summed E-state index contributed by atoms with van der Waals surface area (Å²) in [5, 5.41) is 14.7. The lowest BCUT2D eigenvalue weighted by atomic mass is 10.0. The summed E-state index contributed by atoms with van der Waals surface area (Å²) in [6.07, 6.45) is 6.87. The molecule has 7 nitrogen and oxygen atoms in total. The molecule has 2 aliphatic heterocycles. The number of nitrogens with zero attached hydrogens (tertiary/aromatic N) is 2. The van der Waals surface area contributed by atoms with Crippen molar-refractivity contribution in [2.45, 2.75) is 38.0 Å². The van der Waals surface area contributed by atoms with Gasteiger partial charge in [0.1, 0.15) is 18.0 Å². The lowest BCUT2D eigenvalue weighted by Crippen LogP contribution is -2.48. The Morgan fingerprint density at radius 2 is 2.21 bits per heavy atom. The van der Waals surface area contributed by atoms with Crippen LogP contribution in [-0.2, 0) is 17.8 Å². The molecule has 0 saturated carbocycles. The fourth-order valence-corrected chi connectivity index (χ4v) is 4.27. The summed E-state index contributed by atoms with van der Waals surface area (Å²) in [7, 11) is 0. The normalized spacial score (nSPS) is 22.3. The third-order valence-electron chi connectivity index (χ3n) is 5.83. The van der Waals surface area contributed by atoms with Gasteiger partial charge in [0, 0.05) is 49.5 Å². The predicted octanol–water partition coefficient (Wildman–Crippen LogP) is 2.46. The second-order valence-corrected chi connectivity index (χ2v) is 7.85. The number of aromatic nitrogens is 2. The second-order valence-electron chi connectivity index (χ2n) is 7.85. The Kier molecular flexibility index (Phi) is 4.69. The summed E-state index contributed by atoms with van der Waals surface area (Å²) in [5.41, 5.74) is 4.19. The van der Waals surface area contributed by atoms with E-state index in [0.717, 1.165) is 48.4 Å². The first-order valence-corrected chi connectivity index (χ1v) is 10.1. The molecule has 0 unspecified atom stereocenters. The molecular formula is C22H24N4O3. The molecular weight excluding hydrogens is 368 g/mol. The number of benzene rings is 1. The summed E-state index contributed by atoms with van der Waals surface area (Å²) in [4.78, 5) is 21.2. The molecule has 2 atom stereocenters. The number of β-amino-alcohol motifs (C(OH)–C–C–N with tert-alkyl or cyclic N) is 1. The first-order chi connectivity index (χ1) is 14.2. The molecule has 7 heteroatoms. The first kappa shape index (κ1) is 18.1. The number of rotatable bonds is 4. The minimum absolute atomic E-state index is 0.0560. The Morgan fingerprint density at radius 3 is 3.10 bits per heavy atom. The summed E-state index contributed by atoms with van der Waals surface area (Å²) in [6.45, 7) is 2.22. The van der Waals surface area contributed by atoms with Gasteiger partial charge in [0.05, 0.1) is 11.7 Å². The van der Waals surface area contributed by atoms with Crippen molar-refractivity contribution in [2.75, 3.05) is 18.4 Å². The van der Waals surface area contributed by atoms with Crippen LogP contribution in [0.15, 0.2) is 42.9 Å². The number of ether oxygens (including phenoxy) is 1. The zero-order chi connectivity index (χ0) is 19.8. The van der Waals surface area contributed by atoms with Crippen molar-refractivity contribution in [2.24, 2.45) is 0 Å². The van der Waals surface area contributed by atoms with Gasteiger partial charge in [-0.3, -0.25) is 14.7 Å². The number of likely N-dealkylation sites (tertiary alicyclic amines) is 1. The molecule has 4 heterocycles. The Morgan fingerprint density at radius 1 is 1.28 bits per heavy atom. The molecule has 29 heavy (non-hydrogen) atoms. The number of carbonyl (C=O) groups excluding carboxylic acids is 1. The third-order valence-corrected chi connectivity index (χ3v) is 5.83. The maximum atomic E-state index is 11.5. The molecule has 1 aromatic carbocycles. The second kappa shape index (κ2) is 7.50. The number of piperidine rings is 1. The number of aliphatic hydroxyl groups is 1. The van der Waals surface area contributed by atoms with Crippen molar-refractivity contribution < 1.29 is 14.6 Å². The number of fused-ring (bicyclic) bond motifs is 2. The van der Waals surface area contributed by atoms with Crippen LogP contribution in [0.2, 0.25) is 0 Å². The first-order valence-electron chi connectivity index (χ1n) is 10.1. The van der Waals surface area contributed by atoms with Gasteiger partial charge >= 0.3 is 0 Å². The van der Waals surface area contributed by atoms with Crippen molar-refractivity contribution >= 4 is 22.5 Å². The predicted molar refractivity (Wildman–Crippen MR) is 110 cm³/mol. The number of hydrogen-bond donors (Lipinski definition) is 3.